The number of benzene rings is 2. The van der Waals surface area contributed by atoms with Crippen LogP contribution in [0.3, 0.4) is 0 Å². The number of halogens is 2. The standard InChI is InChI=1S/C16H17BrClNO/c1-10-4-2-3-5-12(10)14(9-19)16(20)13-8-11(18)6-7-15(13)17/h2-8,14,16,20H,9,19H2,1H3. The molecule has 2 atom stereocenters. The van der Waals surface area contributed by atoms with E-state index < -0.39 is 6.10 Å². The van der Waals surface area contributed by atoms with Gasteiger partial charge >= 0.3 is 0 Å². The Bertz CT molecular complexity index is 603. The van der Waals surface area contributed by atoms with Gasteiger partial charge in [0.15, 0.2) is 0 Å². The number of aliphatic hydroxyl groups is 1. The fourth-order valence-electron chi connectivity index (χ4n) is 2.39. The number of hydrogen-bond acceptors (Lipinski definition) is 2. The molecule has 0 spiro atoms. The van der Waals surface area contributed by atoms with Crippen LogP contribution >= 0.6 is 27.5 Å². The molecule has 0 aliphatic heterocycles. The fraction of sp³-hybridized carbons (Fsp3) is 0.250. The minimum atomic E-state index is -0.700. The predicted molar refractivity (Wildman–Crippen MR) is 87.1 cm³/mol. The SMILES string of the molecule is Cc1ccccc1C(CN)C(O)c1cc(Cl)ccc1Br. The maximum absolute atomic E-state index is 10.7. The number of nitrogens with two attached hydrogens (primary N) is 1. The van der Waals surface area contributed by atoms with E-state index in [2.05, 4.69) is 15.9 Å². The molecular weight excluding hydrogens is 338 g/mol. The molecule has 2 aromatic rings. The lowest BCUT2D eigenvalue weighted by molar-refractivity contribution is 0.146. The maximum Gasteiger partial charge on any atom is 0.0882 e. The van der Waals surface area contributed by atoms with Crippen molar-refractivity contribution in [3.63, 3.8) is 0 Å². The van der Waals surface area contributed by atoms with Crippen LogP contribution in [0.15, 0.2) is 46.9 Å². The first kappa shape index (κ1) is 15.5. The highest BCUT2D eigenvalue weighted by molar-refractivity contribution is 9.10. The average molecular weight is 355 g/mol. The van der Waals surface area contributed by atoms with Crippen molar-refractivity contribution in [2.75, 3.05) is 6.54 Å². The Morgan fingerprint density at radius 3 is 2.55 bits per heavy atom. The lowest BCUT2D eigenvalue weighted by Crippen LogP contribution is -2.21. The van der Waals surface area contributed by atoms with Crippen molar-refractivity contribution < 1.29 is 5.11 Å². The first-order valence-corrected chi connectivity index (χ1v) is 7.60. The van der Waals surface area contributed by atoms with Gasteiger partial charge in [-0.2, -0.15) is 0 Å². The smallest absolute Gasteiger partial charge is 0.0882 e. The lowest BCUT2D eigenvalue weighted by Gasteiger charge is -2.24. The minimum absolute atomic E-state index is 0.161. The van der Waals surface area contributed by atoms with Crippen molar-refractivity contribution in [1.82, 2.24) is 0 Å². The second-order valence-corrected chi connectivity index (χ2v) is 6.10. The van der Waals surface area contributed by atoms with Gasteiger partial charge in [-0.1, -0.05) is 51.8 Å². The van der Waals surface area contributed by atoms with E-state index >= 15 is 0 Å². The lowest BCUT2D eigenvalue weighted by atomic mass is 9.87. The molecule has 3 N–H and O–H groups in total. The molecule has 2 nitrogen and oxygen atoms in total. The van der Waals surface area contributed by atoms with E-state index in [0.717, 1.165) is 21.2 Å². The third kappa shape index (κ3) is 3.23. The van der Waals surface area contributed by atoms with Crippen LogP contribution in [-0.4, -0.2) is 11.7 Å². The summed E-state index contributed by atoms with van der Waals surface area (Å²) in [5.74, 6) is -0.161. The molecule has 20 heavy (non-hydrogen) atoms. The van der Waals surface area contributed by atoms with Gasteiger partial charge in [-0.15, -0.1) is 0 Å². The molecule has 4 heteroatoms. The largest absolute Gasteiger partial charge is 0.388 e. The van der Waals surface area contributed by atoms with E-state index in [1.54, 1.807) is 12.1 Å². The summed E-state index contributed by atoms with van der Waals surface area (Å²) < 4.78 is 0.835. The first-order chi connectivity index (χ1) is 9.54. The summed E-state index contributed by atoms with van der Waals surface area (Å²) in [6.45, 7) is 2.39. The van der Waals surface area contributed by atoms with E-state index in [9.17, 15) is 5.11 Å². The van der Waals surface area contributed by atoms with Crippen molar-refractivity contribution in [1.29, 1.82) is 0 Å². The highest BCUT2D eigenvalue weighted by atomic mass is 79.9. The zero-order valence-electron chi connectivity index (χ0n) is 11.2. The van der Waals surface area contributed by atoms with Gasteiger partial charge in [0.2, 0.25) is 0 Å². The van der Waals surface area contributed by atoms with Crippen LogP contribution in [-0.2, 0) is 0 Å². The van der Waals surface area contributed by atoms with Gasteiger partial charge in [0, 0.05) is 22.0 Å². The second-order valence-electron chi connectivity index (χ2n) is 4.81. The molecule has 0 amide bonds. The van der Waals surface area contributed by atoms with Crippen molar-refractivity contribution in [2.24, 2.45) is 5.73 Å². The molecule has 0 heterocycles. The third-order valence-corrected chi connectivity index (χ3v) is 4.46. The van der Waals surface area contributed by atoms with Crippen LogP contribution in [0.1, 0.15) is 28.7 Å². The summed E-state index contributed by atoms with van der Waals surface area (Å²) in [4.78, 5) is 0. The molecule has 106 valence electrons. The molecule has 0 radical (unpaired) electrons. The number of rotatable bonds is 4. The number of aryl methyl sites for hydroxylation is 1. The molecule has 2 aromatic carbocycles. The molecule has 2 unspecified atom stereocenters. The van der Waals surface area contributed by atoms with Gasteiger partial charge in [-0.05, 0) is 41.8 Å². The zero-order chi connectivity index (χ0) is 14.7. The summed E-state index contributed by atoms with van der Waals surface area (Å²) in [7, 11) is 0. The third-order valence-electron chi connectivity index (χ3n) is 3.50. The van der Waals surface area contributed by atoms with Crippen molar-refractivity contribution in [2.45, 2.75) is 18.9 Å². The highest BCUT2D eigenvalue weighted by Crippen LogP contribution is 2.36. The number of hydrogen-bond donors (Lipinski definition) is 2. The monoisotopic (exact) mass is 353 g/mol. The van der Waals surface area contributed by atoms with Gasteiger partial charge in [0.05, 0.1) is 6.10 Å². The van der Waals surface area contributed by atoms with Gasteiger partial charge in [-0.3, -0.25) is 0 Å². The summed E-state index contributed by atoms with van der Waals surface area (Å²) in [5, 5.41) is 11.3. The molecule has 2 rings (SSSR count). The van der Waals surface area contributed by atoms with E-state index in [1.165, 1.54) is 0 Å². The number of aliphatic hydroxyl groups excluding tert-OH is 1. The molecule has 0 aromatic heterocycles. The van der Waals surface area contributed by atoms with Crippen LogP contribution in [0.25, 0.3) is 0 Å². The minimum Gasteiger partial charge on any atom is -0.388 e. The quantitative estimate of drug-likeness (QED) is 0.865. The molecule has 0 saturated carbocycles. The van der Waals surface area contributed by atoms with Crippen LogP contribution in [0.4, 0.5) is 0 Å². The van der Waals surface area contributed by atoms with Crippen molar-refractivity contribution >= 4 is 27.5 Å². The second kappa shape index (κ2) is 6.72. The summed E-state index contributed by atoms with van der Waals surface area (Å²) in [6, 6.07) is 13.4. The molecule has 0 aliphatic carbocycles. The Kier molecular flexibility index (Phi) is 5.22. The van der Waals surface area contributed by atoms with Gasteiger partial charge in [0.25, 0.3) is 0 Å². The van der Waals surface area contributed by atoms with E-state index in [-0.39, 0.29) is 5.92 Å². The molecular formula is C16H17BrClNO. The Balaban J connectivity index is 2.41. The summed E-state index contributed by atoms with van der Waals surface area (Å²) >= 11 is 9.48. The fourth-order valence-corrected chi connectivity index (χ4v) is 3.05. The average Bonchev–Trinajstić information content (AvgIpc) is 2.44. The molecule has 0 aliphatic rings. The maximum atomic E-state index is 10.7. The summed E-state index contributed by atoms with van der Waals surface area (Å²) in [5.41, 5.74) is 8.84. The van der Waals surface area contributed by atoms with Crippen molar-refractivity contribution in [3.05, 3.63) is 68.7 Å². The molecule has 0 saturated heterocycles. The molecule has 0 bridgehead atoms. The Hall–Kier alpha value is -0.870. The van der Waals surface area contributed by atoms with E-state index in [4.69, 9.17) is 17.3 Å². The predicted octanol–water partition coefficient (Wildman–Crippen LogP) is 4.19. The Morgan fingerprint density at radius 2 is 1.90 bits per heavy atom. The normalized spacial score (nSPS) is 14.1. The van der Waals surface area contributed by atoms with Gasteiger partial charge in [-0.25, -0.2) is 0 Å². The molecule has 0 fully saturated rings. The highest BCUT2D eigenvalue weighted by Gasteiger charge is 2.24. The van der Waals surface area contributed by atoms with Crippen LogP contribution in [0.2, 0.25) is 5.02 Å². The first-order valence-electron chi connectivity index (χ1n) is 6.43. The topological polar surface area (TPSA) is 46.2 Å². The van der Waals surface area contributed by atoms with Gasteiger partial charge in [0.1, 0.15) is 0 Å². The summed E-state index contributed by atoms with van der Waals surface area (Å²) in [6.07, 6.45) is -0.700. The van der Waals surface area contributed by atoms with Crippen molar-refractivity contribution in [3.8, 4) is 0 Å². The van der Waals surface area contributed by atoms with E-state index in [0.29, 0.717) is 11.6 Å². The van der Waals surface area contributed by atoms with Crippen LogP contribution < -0.4 is 5.73 Å². The zero-order valence-corrected chi connectivity index (χ0v) is 13.5. The van der Waals surface area contributed by atoms with Crippen LogP contribution in [0, 0.1) is 6.92 Å². The van der Waals surface area contributed by atoms with Gasteiger partial charge < -0.3 is 10.8 Å². The van der Waals surface area contributed by atoms with Crippen LogP contribution in [0.5, 0.6) is 0 Å². The van der Waals surface area contributed by atoms with E-state index in [1.807, 2.05) is 37.3 Å². The Labute approximate surface area is 132 Å². The Morgan fingerprint density at radius 1 is 1.20 bits per heavy atom.